The van der Waals surface area contributed by atoms with Crippen molar-refractivity contribution in [2.45, 2.75) is 59.3 Å². The topological polar surface area (TPSA) is 20.2 Å². The van der Waals surface area contributed by atoms with Crippen molar-refractivity contribution in [3.63, 3.8) is 0 Å². The Labute approximate surface area is 135 Å². The van der Waals surface area contributed by atoms with Crippen molar-refractivity contribution in [2.24, 2.45) is 22.7 Å². The van der Waals surface area contributed by atoms with Crippen LogP contribution in [0.1, 0.15) is 58.4 Å². The predicted octanol–water partition coefficient (Wildman–Crippen LogP) is 5.73. The number of phenolic OH excluding ortho intramolecular Hbond substituents is 1. The van der Waals surface area contributed by atoms with Crippen molar-refractivity contribution in [2.75, 3.05) is 0 Å². The summed E-state index contributed by atoms with van der Waals surface area (Å²) in [5.41, 5.74) is 3.25. The summed E-state index contributed by atoms with van der Waals surface area (Å²) >= 11 is 0. The zero-order valence-corrected chi connectivity index (χ0v) is 14.4. The molecule has 0 amide bonds. The fourth-order valence-corrected chi connectivity index (χ4v) is 5.55. The van der Waals surface area contributed by atoms with E-state index in [1.807, 2.05) is 18.2 Å². The quantitative estimate of drug-likeness (QED) is 0.691. The summed E-state index contributed by atoms with van der Waals surface area (Å²) in [4.78, 5) is 0. The third kappa shape index (κ3) is 2.49. The van der Waals surface area contributed by atoms with Gasteiger partial charge in [0.2, 0.25) is 0 Å². The molecule has 0 radical (unpaired) electrons. The Morgan fingerprint density at radius 2 is 1.91 bits per heavy atom. The summed E-state index contributed by atoms with van der Waals surface area (Å²) in [6.07, 6.45) is 7.36. The van der Waals surface area contributed by atoms with Crippen molar-refractivity contribution >= 4 is 0 Å². The summed E-state index contributed by atoms with van der Waals surface area (Å²) in [5, 5.41) is 10.2. The second-order valence-electron chi connectivity index (χ2n) is 8.48. The maximum absolute atomic E-state index is 10.2. The molecule has 0 spiro atoms. The molecule has 3 rings (SSSR count). The number of fused-ring (bicyclic) bond motifs is 1. The number of hydrogen-bond donors (Lipinski definition) is 1. The molecule has 1 aromatic carbocycles. The molecule has 0 heterocycles. The van der Waals surface area contributed by atoms with Crippen molar-refractivity contribution in [1.82, 2.24) is 0 Å². The highest BCUT2D eigenvalue weighted by Gasteiger charge is 2.52. The molecule has 0 aromatic heterocycles. The van der Waals surface area contributed by atoms with Gasteiger partial charge in [-0.05, 0) is 66.4 Å². The summed E-state index contributed by atoms with van der Waals surface area (Å²) in [6, 6.07) is 7.82. The van der Waals surface area contributed by atoms with E-state index in [1.54, 1.807) is 0 Å². The fraction of sp³-hybridized carbons (Fsp3) is 0.619. The molecule has 0 bridgehead atoms. The number of benzene rings is 1. The van der Waals surface area contributed by atoms with Gasteiger partial charge in [-0.1, -0.05) is 57.5 Å². The van der Waals surface area contributed by atoms with Crippen LogP contribution in [0.25, 0.3) is 0 Å². The van der Waals surface area contributed by atoms with Gasteiger partial charge in [0, 0.05) is 0 Å². The number of rotatable bonds is 2. The van der Waals surface area contributed by atoms with Crippen LogP contribution < -0.4 is 0 Å². The van der Waals surface area contributed by atoms with Crippen LogP contribution in [0.4, 0.5) is 0 Å². The molecule has 1 heteroatoms. The minimum absolute atomic E-state index is 0.333. The molecular formula is C21H30O. The zero-order valence-electron chi connectivity index (χ0n) is 14.4. The van der Waals surface area contributed by atoms with Gasteiger partial charge in [0.1, 0.15) is 5.75 Å². The van der Waals surface area contributed by atoms with E-state index in [0.29, 0.717) is 22.5 Å². The lowest BCUT2D eigenvalue weighted by molar-refractivity contribution is -0.0518. The van der Waals surface area contributed by atoms with Crippen LogP contribution in [0.3, 0.4) is 0 Å². The number of aromatic hydroxyl groups is 1. The molecule has 120 valence electrons. The normalized spacial score (nSPS) is 34.2. The smallest absolute Gasteiger partial charge is 0.118 e. The lowest BCUT2D eigenvalue weighted by atomic mass is 9.47. The first kappa shape index (κ1) is 15.6. The van der Waals surface area contributed by atoms with Crippen LogP contribution in [0.5, 0.6) is 5.75 Å². The molecule has 2 aliphatic carbocycles. The summed E-state index contributed by atoms with van der Waals surface area (Å²) in [5.74, 6) is 1.71. The van der Waals surface area contributed by atoms with Crippen LogP contribution in [0.2, 0.25) is 0 Å². The molecule has 0 unspecified atom stereocenters. The highest BCUT2D eigenvalue weighted by Crippen LogP contribution is 2.61. The van der Waals surface area contributed by atoms with Crippen LogP contribution in [-0.4, -0.2) is 5.11 Å². The third-order valence-electron chi connectivity index (χ3n) is 6.73. The largest absolute Gasteiger partial charge is 0.508 e. The van der Waals surface area contributed by atoms with Crippen LogP contribution in [0, 0.1) is 22.7 Å². The molecule has 0 aliphatic heterocycles. The molecule has 1 N–H and O–H groups in total. The fourth-order valence-electron chi connectivity index (χ4n) is 5.55. The lowest BCUT2D eigenvalue weighted by Crippen LogP contribution is -2.50. The van der Waals surface area contributed by atoms with Gasteiger partial charge in [-0.25, -0.2) is 0 Å². The zero-order chi connectivity index (χ0) is 16.0. The Kier molecular flexibility index (Phi) is 3.87. The van der Waals surface area contributed by atoms with E-state index in [2.05, 4.69) is 33.4 Å². The summed E-state index contributed by atoms with van der Waals surface area (Å²) in [6.45, 7) is 11.8. The van der Waals surface area contributed by atoms with Gasteiger partial charge in [0.25, 0.3) is 0 Å². The highest BCUT2D eigenvalue weighted by atomic mass is 16.3. The Bertz CT molecular complexity index is 571. The van der Waals surface area contributed by atoms with Gasteiger partial charge in [-0.15, -0.1) is 0 Å². The molecule has 2 fully saturated rings. The van der Waals surface area contributed by atoms with Crippen LogP contribution in [-0.2, 0) is 6.42 Å². The SMILES string of the molecule is C=C1CC[C@H]2C(C)(C)CCC[C@]2(C)[C@H]1Cc1ccccc1O. The van der Waals surface area contributed by atoms with Gasteiger partial charge in [0.15, 0.2) is 0 Å². The van der Waals surface area contributed by atoms with Gasteiger partial charge < -0.3 is 5.11 Å². The van der Waals surface area contributed by atoms with Crippen molar-refractivity contribution in [3.05, 3.63) is 42.0 Å². The summed E-state index contributed by atoms with van der Waals surface area (Å²) in [7, 11) is 0. The van der Waals surface area contributed by atoms with E-state index < -0.39 is 0 Å². The molecular weight excluding hydrogens is 268 g/mol. The predicted molar refractivity (Wildman–Crippen MR) is 92.9 cm³/mol. The van der Waals surface area contributed by atoms with E-state index in [0.717, 1.165) is 24.3 Å². The van der Waals surface area contributed by atoms with Crippen molar-refractivity contribution in [3.8, 4) is 5.75 Å². The van der Waals surface area contributed by atoms with Crippen molar-refractivity contribution in [1.29, 1.82) is 0 Å². The second kappa shape index (κ2) is 5.44. The minimum atomic E-state index is 0.333. The average molecular weight is 298 g/mol. The van der Waals surface area contributed by atoms with E-state index in [1.165, 1.54) is 31.3 Å². The van der Waals surface area contributed by atoms with E-state index >= 15 is 0 Å². The van der Waals surface area contributed by atoms with Gasteiger partial charge in [-0.2, -0.15) is 0 Å². The second-order valence-corrected chi connectivity index (χ2v) is 8.48. The van der Waals surface area contributed by atoms with Gasteiger partial charge in [-0.3, -0.25) is 0 Å². The van der Waals surface area contributed by atoms with Crippen molar-refractivity contribution < 1.29 is 5.11 Å². The summed E-state index contributed by atoms with van der Waals surface area (Å²) < 4.78 is 0. The molecule has 22 heavy (non-hydrogen) atoms. The van der Waals surface area contributed by atoms with E-state index in [9.17, 15) is 5.11 Å². The average Bonchev–Trinajstić information content (AvgIpc) is 2.44. The van der Waals surface area contributed by atoms with Crippen LogP contribution >= 0.6 is 0 Å². The lowest BCUT2D eigenvalue weighted by Gasteiger charge is -2.58. The van der Waals surface area contributed by atoms with E-state index in [-0.39, 0.29) is 0 Å². The Balaban J connectivity index is 1.94. The maximum Gasteiger partial charge on any atom is 0.118 e. The molecule has 0 saturated heterocycles. The highest BCUT2D eigenvalue weighted by molar-refractivity contribution is 5.34. The first-order valence-corrected chi connectivity index (χ1v) is 8.79. The minimum Gasteiger partial charge on any atom is -0.508 e. The van der Waals surface area contributed by atoms with Gasteiger partial charge in [0.05, 0.1) is 0 Å². The first-order valence-electron chi connectivity index (χ1n) is 8.79. The molecule has 2 saturated carbocycles. The Hall–Kier alpha value is -1.24. The first-order chi connectivity index (χ1) is 10.3. The maximum atomic E-state index is 10.2. The molecule has 3 atom stereocenters. The number of phenols is 1. The Morgan fingerprint density at radius 3 is 2.64 bits per heavy atom. The molecule has 1 aromatic rings. The number of hydrogen-bond acceptors (Lipinski definition) is 1. The molecule has 1 nitrogen and oxygen atoms in total. The number of para-hydroxylation sites is 1. The van der Waals surface area contributed by atoms with E-state index in [4.69, 9.17) is 0 Å². The van der Waals surface area contributed by atoms with Gasteiger partial charge >= 0.3 is 0 Å². The molecule has 2 aliphatic rings. The number of allylic oxidation sites excluding steroid dienone is 1. The standard InChI is InChI=1S/C21H30O/c1-15-10-11-19-20(2,3)12-7-13-21(19,4)17(15)14-16-8-5-6-9-18(16)22/h5-6,8-9,17,19,22H,1,7,10-14H2,2-4H3/t17-,19-,21+/m0/s1. The van der Waals surface area contributed by atoms with Crippen LogP contribution in [0.15, 0.2) is 36.4 Å². The monoisotopic (exact) mass is 298 g/mol. The third-order valence-corrected chi connectivity index (χ3v) is 6.73. The Morgan fingerprint density at radius 1 is 1.18 bits per heavy atom.